The van der Waals surface area contributed by atoms with E-state index in [0.29, 0.717) is 26.3 Å². The monoisotopic (exact) mass is 361 g/mol. The highest BCUT2D eigenvalue weighted by molar-refractivity contribution is 5.72. The van der Waals surface area contributed by atoms with Gasteiger partial charge in [0.15, 0.2) is 0 Å². The quantitative estimate of drug-likeness (QED) is 0.757. The fraction of sp³-hybridized carbons (Fsp3) is 0.667. The van der Waals surface area contributed by atoms with Crippen LogP contribution in [-0.4, -0.2) is 54.9 Å². The highest BCUT2D eigenvalue weighted by atomic mass is 16.5. The summed E-state index contributed by atoms with van der Waals surface area (Å²) < 4.78 is 11.2. The van der Waals surface area contributed by atoms with E-state index in [1.54, 1.807) is 0 Å². The Balaban J connectivity index is 1.46. The number of ether oxygens (including phenoxy) is 2. The van der Waals surface area contributed by atoms with Crippen molar-refractivity contribution < 1.29 is 19.4 Å². The Morgan fingerprint density at radius 3 is 3.00 bits per heavy atom. The number of benzene rings is 1. The van der Waals surface area contributed by atoms with E-state index in [1.165, 1.54) is 11.1 Å². The van der Waals surface area contributed by atoms with Gasteiger partial charge in [-0.1, -0.05) is 24.3 Å². The van der Waals surface area contributed by atoms with Gasteiger partial charge < -0.3 is 14.6 Å². The zero-order valence-corrected chi connectivity index (χ0v) is 15.7. The van der Waals surface area contributed by atoms with Crippen molar-refractivity contribution in [3.05, 3.63) is 35.4 Å². The van der Waals surface area contributed by atoms with Gasteiger partial charge in [-0.05, 0) is 56.7 Å². The first-order valence-electron chi connectivity index (χ1n) is 9.93. The number of rotatable bonds is 7. The zero-order valence-electron chi connectivity index (χ0n) is 15.7. The number of hydrogen-bond acceptors (Lipinski definition) is 5. The maximum atomic E-state index is 11.9. The molecule has 0 bridgehead atoms. The molecule has 1 aromatic carbocycles. The third kappa shape index (κ3) is 5.06. The van der Waals surface area contributed by atoms with E-state index in [4.69, 9.17) is 9.47 Å². The Bertz CT molecular complexity index is 591. The van der Waals surface area contributed by atoms with Crippen LogP contribution in [0.1, 0.15) is 49.8 Å². The zero-order chi connectivity index (χ0) is 18.4. The molecule has 1 aliphatic carbocycles. The molecule has 2 aliphatic rings. The molecule has 0 saturated carbocycles. The number of fused-ring (bicyclic) bond motifs is 1. The molecule has 1 saturated heterocycles. The second-order valence-electron chi connectivity index (χ2n) is 7.42. The lowest BCUT2D eigenvalue weighted by Gasteiger charge is -2.33. The fourth-order valence-electron chi connectivity index (χ4n) is 4.13. The third-order valence-electron chi connectivity index (χ3n) is 5.40. The minimum atomic E-state index is -0.537. The van der Waals surface area contributed by atoms with E-state index < -0.39 is 6.10 Å². The van der Waals surface area contributed by atoms with Crippen molar-refractivity contribution in [3.63, 3.8) is 0 Å². The topological polar surface area (TPSA) is 59.0 Å². The summed E-state index contributed by atoms with van der Waals surface area (Å²) in [6.07, 6.45) is 4.65. The molecule has 1 fully saturated rings. The van der Waals surface area contributed by atoms with Crippen LogP contribution in [0.25, 0.3) is 0 Å². The minimum Gasteiger partial charge on any atom is -0.466 e. The molecule has 5 heteroatoms. The van der Waals surface area contributed by atoms with E-state index in [2.05, 4.69) is 29.2 Å². The number of β-amino-alcohol motifs (C(OH)–C–C–N with tert-alkyl or cyclic N) is 1. The van der Waals surface area contributed by atoms with Crippen LogP contribution < -0.4 is 0 Å². The lowest BCUT2D eigenvalue weighted by Crippen LogP contribution is -2.43. The Morgan fingerprint density at radius 2 is 2.15 bits per heavy atom. The standard InChI is InChI=1S/C21H31NO4/c1-2-25-21(24)17-9-6-12-22(13-17)14-18(23)15-26-20-11-5-8-16-7-3-4-10-19(16)20/h3-4,7,10,17-18,20,23H,2,5-6,8-9,11-15H2,1H3. The molecule has 3 atom stereocenters. The maximum absolute atomic E-state index is 11.9. The van der Waals surface area contributed by atoms with Crippen LogP contribution in [-0.2, 0) is 20.7 Å². The molecule has 0 spiro atoms. The van der Waals surface area contributed by atoms with Gasteiger partial charge in [0.25, 0.3) is 0 Å². The van der Waals surface area contributed by atoms with Crippen molar-refractivity contribution in [2.45, 2.75) is 51.2 Å². The molecule has 144 valence electrons. The predicted octanol–water partition coefficient (Wildman–Crippen LogP) is 2.72. The third-order valence-corrected chi connectivity index (χ3v) is 5.40. The summed E-state index contributed by atoms with van der Waals surface area (Å²) in [6, 6.07) is 8.44. The van der Waals surface area contributed by atoms with E-state index in [1.807, 2.05) is 6.92 Å². The molecule has 1 N–H and O–H groups in total. The van der Waals surface area contributed by atoms with Gasteiger partial charge in [0.2, 0.25) is 0 Å². The van der Waals surface area contributed by atoms with Crippen molar-refractivity contribution in [2.75, 3.05) is 32.8 Å². The average molecular weight is 361 g/mol. The maximum Gasteiger partial charge on any atom is 0.310 e. The van der Waals surface area contributed by atoms with Gasteiger partial charge in [-0.15, -0.1) is 0 Å². The molecule has 0 radical (unpaired) electrons. The first kappa shape index (κ1) is 19.3. The average Bonchev–Trinajstić information content (AvgIpc) is 2.67. The van der Waals surface area contributed by atoms with Crippen molar-refractivity contribution in [3.8, 4) is 0 Å². The van der Waals surface area contributed by atoms with E-state index in [0.717, 1.165) is 38.6 Å². The molecular weight excluding hydrogens is 330 g/mol. The molecule has 0 amide bonds. The lowest BCUT2D eigenvalue weighted by atomic mass is 9.89. The Hall–Kier alpha value is -1.43. The molecule has 3 rings (SSSR count). The summed E-state index contributed by atoms with van der Waals surface area (Å²) in [5.41, 5.74) is 2.64. The number of likely N-dealkylation sites (tertiary alicyclic amines) is 1. The smallest absolute Gasteiger partial charge is 0.310 e. The summed E-state index contributed by atoms with van der Waals surface area (Å²) in [7, 11) is 0. The number of nitrogens with zero attached hydrogens (tertiary/aromatic N) is 1. The molecule has 26 heavy (non-hydrogen) atoms. The Labute approximate surface area is 156 Å². The van der Waals surface area contributed by atoms with Gasteiger partial charge >= 0.3 is 5.97 Å². The van der Waals surface area contributed by atoms with Crippen LogP contribution in [0.4, 0.5) is 0 Å². The lowest BCUT2D eigenvalue weighted by molar-refractivity contribution is -0.150. The number of aliphatic hydroxyl groups excluding tert-OH is 1. The Morgan fingerprint density at radius 1 is 1.31 bits per heavy atom. The summed E-state index contributed by atoms with van der Waals surface area (Å²) in [4.78, 5) is 14.1. The number of aryl methyl sites for hydroxylation is 1. The van der Waals surface area contributed by atoms with Crippen molar-refractivity contribution >= 4 is 5.97 Å². The van der Waals surface area contributed by atoms with Gasteiger partial charge in [0.1, 0.15) is 0 Å². The Kier molecular flexibility index (Phi) is 7.06. The number of piperidine rings is 1. The molecular formula is C21H31NO4. The number of carbonyl (C=O) groups excluding carboxylic acids is 1. The molecule has 3 unspecified atom stereocenters. The van der Waals surface area contributed by atoms with Crippen LogP contribution in [0.3, 0.4) is 0 Å². The van der Waals surface area contributed by atoms with Gasteiger partial charge in [0, 0.05) is 13.1 Å². The van der Waals surface area contributed by atoms with Gasteiger partial charge in [-0.2, -0.15) is 0 Å². The summed E-state index contributed by atoms with van der Waals surface area (Å²) in [6.45, 7) is 4.73. The highest BCUT2D eigenvalue weighted by Gasteiger charge is 2.28. The van der Waals surface area contributed by atoms with E-state index in [-0.39, 0.29) is 18.0 Å². The fourth-order valence-corrected chi connectivity index (χ4v) is 4.13. The predicted molar refractivity (Wildman–Crippen MR) is 99.9 cm³/mol. The van der Waals surface area contributed by atoms with Crippen LogP contribution in [0, 0.1) is 5.92 Å². The van der Waals surface area contributed by atoms with Crippen LogP contribution in [0.15, 0.2) is 24.3 Å². The largest absolute Gasteiger partial charge is 0.466 e. The van der Waals surface area contributed by atoms with E-state index >= 15 is 0 Å². The number of esters is 1. The molecule has 1 aliphatic heterocycles. The first-order valence-corrected chi connectivity index (χ1v) is 9.93. The van der Waals surface area contributed by atoms with Crippen LogP contribution >= 0.6 is 0 Å². The van der Waals surface area contributed by atoms with Crippen molar-refractivity contribution in [2.24, 2.45) is 5.92 Å². The van der Waals surface area contributed by atoms with Crippen LogP contribution in [0.5, 0.6) is 0 Å². The number of hydrogen-bond donors (Lipinski definition) is 1. The summed E-state index contributed by atoms with van der Waals surface area (Å²) >= 11 is 0. The minimum absolute atomic E-state index is 0.0676. The van der Waals surface area contributed by atoms with E-state index in [9.17, 15) is 9.90 Å². The molecule has 0 aromatic heterocycles. The van der Waals surface area contributed by atoms with Gasteiger partial charge in [-0.25, -0.2) is 0 Å². The van der Waals surface area contributed by atoms with Crippen molar-refractivity contribution in [1.82, 2.24) is 4.90 Å². The highest BCUT2D eigenvalue weighted by Crippen LogP contribution is 2.32. The van der Waals surface area contributed by atoms with Gasteiger partial charge in [-0.3, -0.25) is 9.69 Å². The first-order chi connectivity index (χ1) is 12.7. The number of aliphatic hydroxyl groups is 1. The summed E-state index contributed by atoms with van der Waals surface area (Å²) in [5.74, 6) is -0.177. The normalized spacial score (nSPS) is 24.7. The second-order valence-corrected chi connectivity index (χ2v) is 7.42. The SMILES string of the molecule is CCOC(=O)C1CCCN(CC(O)COC2CCCc3ccccc32)C1. The second kappa shape index (κ2) is 9.49. The van der Waals surface area contributed by atoms with Crippen LogP contribution in [0.2, 0.25) is 0 Å². The molecule has 5 nitrogen and oxygen atoms in total. The summed E-state index contributed by atoms with van der Waals surface area (Å²) in [5, 5.41) is 10.4. The molecule has 1 heterocycles. The van der Waals surface area contributed by atoms with Gasteiger partial charge in [0.05, 0.1) is 31.3 Å². The van der Waals surface area contributed by atoms with Crippen molar-refractivity contribution in [1.29, 1.82) is 0 Å². The molecule has 1 aromatic rings. The number of carbonyl (C=O) groups is 1.